The summed E-state index contributed by atoms with van der Waals surface area (Å²) in [5.41, 5.74) is 2.86. The number of H-pyrrole nitrogens is 2. The first-order valence-corrected chi connectivity index (χ1v) is 6.81. The normalized spacial score (nSPS) is 12.1. The molecule has 0 aliphatic rings. The molecule has 1 atom stereocenters. The third-order valence-electron chi connectivity index (χ3n) is 2.89. The predicted octanol–water partition coefficient (Wildman–Crippen LogP) is -0.283. The van der Waals surface area contributed by atoms with E-state index < -0.39 is 23.2 Å². The van der Waals surface area contributed by atoms with E-state index in [4.69, 9.17) is 0 Å². The zero-order chi connectivity index (χ0) is 16.8. The number of hydrazone groups is 1. The number of amides is 1. The molecule has 0 saturated carbocycles. The minimum atomic E-state index is -0.774. The lowest BCUT2D eigenvalue weighted by atomic mass is 10.2. The average molecular weight is 316 g/mol. The van der Waals surface area contributed by atoms with Crippen LogP contribution in [0, 0.1) is 6.92 Å². The van der Waals surface area contributed by atoms with Crippen molar-refractivity contribution in [3.63, 3.8) is 0 Å². The summed E-state index contributed by atoms with van der Waals surface area (Å²) in [4.78, 5) is 36.2. The van der Waals surface area contributed by atoms with Crippen LogP contribution in [0.5, 0.6) is 0 Å². The monoisotopic (exact) mass is 316 g/mol. The van der Waals surface area contributed by atoms with Gasteiger partial charge in [0.25, 0.3) is 11.5 Å². The van der Waals surface area contributed by atoms with Gasteiger partial charge in [-0.2, -0.15) is 5.10 Å². The number of aromatic amines is 2. The number of anilines is 1. The Balaban J connectivity index is 1.95. The molecule has 1 heterocycles. The Hall–Kier alpha value is -3.23. The van der Waals surface area contributed by atoms with Crippen molar-refractivity contribution in [3.8, 4) is 0 Å². The lowest BCUT2D eigenvalue weighted by molar-refractivity contribution is -0.121. The molecular formula is C14H16N6O3. The highest BCUT2D eigenvalue weighted by Gasteiger charge is 2.14. The minimum Gasteiger partial charge on any atom is -0.353 e. The van der Waals surface area contributed by atoms with E-state index in [1.165, 1.54) is 13.1 Å². The fourth-order valence-electron chi connectivity index (χ4n) is 1.73. The SMILES string of the molecule is Cc1cccc(C=NNC(=O)C(C)Nc2n[nH]c(=O)[nH]c2=O)c1. The average Bonchev–Trinajstić information content (AvgIpc) is 2.50. The molecule has 1 amide bonds. The standard InChI is InChI=1S/C14H16N6O3/c1-8-4-3-5-10(6-8)7-15-19-12(21)9(2)16-11-13(22)17-14(23)20-18-11/h3-7,9H,1-2H3,(H,16,18)(H,19,21)(H2,17,20,22,23). The van der Waals surface area contributed by atoms with Crippen molar-refractivity contribution < 1.29 is 4.79 Å². The van der Waals surface area contributed by atoms with Gasteiger partial charge in [-0.15, -0.1) is 5.10 Å². The van der Waals surface area contributed by atoms with E-state index in [-0.39, 0.29) is 5.82 Å². The summed E-state index contributed by atoms with van der Waals surface area (Å²) in [5, 5.41) is 12.0. The first-order chi connectivity index (χ1) is 11.0. The first kappa shape index (κ1) is 16.1. The number of benzene rings is 1. The number of nitrogens with zero attached hydrogens (tertiary/aromatic N) is 2. The maximum atomic E-state index is 11.9. The summed E-state index contributed by atoms with van der Waals surface area (Å²) >= 11 is 0. The molecule has 1 aromatic carbocycles. The Labute approximate surface area is 130 Å². The van der Waals surface area contributed by atoms with Crippen LogP contribution in [0.1, 0.15) is 18.1 Å². The van der Waals surface area contributed by atoms with E-state index in [0.717, 1.165) is 11.1 Å². The molecule has 1 aromatic heterocycles. The molecule has 0 spiro atoms. The third kappa shape index (κ3) is 4.63. The number of carbonyl (C=O) groups is 1. The van der Waals surface area contributed by atoms with Crippen molar-refractivity contribution in [2.75, 3.05) is 5.32 Å². The Morgan fingerprint density at radius 2 is 2.17 bits per heavy atom. The highest BCUT2D eigenvalue weighted by atomic mass is 16.2. The van der Waals surface area contributed by atoms with Crippen LogP contribution in [0.15, 0.2) is 39.0 Å². The van der Waals surface area contributed by atoms with Crippen molar-refractivity contribution >= 4 is 17.9 Å². The number of aromatic nitrogens is 3. The van der Waals surface area contributed by atoms with Crippen LogP contribution < -0.4 is 22.0 Å². The Morgan fingerprint density at radius 1 is 1.39 bits per heavy atom. The highest BCUT2D eigenvalue weighted by molar-refractivity contribution is 5.86. The highest BCUT2D eigenvalue weighted by Crippen LogP contribution is 2.00. The topological polar surface area (TPSA) is 132 Å². The molecule has 1 unspecified atom stereocenters. The van der Waals surface area contributed by atoms with Crippen LogP contribution in [-0.4, -0.2) is 33.3 Å². The van der Waals surface area contributed by atoms with Crippen molar-refractivity contribution in [1.82, 2.24) is 20.6 Å². The van der Waals surface area contributed by atoms with Crippen LogP contribution in [0.3, 0.4) is 0 Å². The Morgan fingerprint density at radius 3 is 2.87 bits per heavy atom. The summed E-state index contributed by atoms with van der Waals surface area (Å²) in [6.45, 7) is 3.49. The van der Waals surface area contributed by atoms with Crippen LogP contribution in [0.25, 0.3) is 0 Å². The molecule has 23 heavy (non-hydrogen) atoms. The van der Waals surface area contributed by atoms with Crippen molar-refractivity contribution in [2.45, 2.75) is 19.9 Å². The van der Waals surface area contributed by atoms with E-state index in [9.17, 15) is 14.4 Å². The molecular weight excluding hydrogens is 300 g/mol. The van der Waals surface area contributed by atoms with Gasteiger partial charge >= 0.3 is 5.69 Å². The molecule has 9 heteroatoms. The fourth-order valence-corrected chi connectivity index (χ4v) is 1.73. The molecule has 4 N–H and O–H groups in total. The largest absolute Gasteiger partial charge is 0.353 e. The molecule has 120 valence electrons. The van der Waals surface area contributed by atoms with Crippen LogP contribution >= 0.6 is 0 Å². The van der Waals surface area contributed by atoms with Crippen LogP contribution in [0.4, 0.5) is 5.82 Å². The number of rotatable bonds is 5. The summed E-state index contributed by atoms with van der Waals surface area (Å²) in [6.07, 6.45) is 1.52. The van der Waals surface area contributed by atoms with Gasteiger partial charge in [0.15, 0.2) is 0 Å². The fraction of sp³-hybridized carbons (Fsp3) is 0.214. The quantitative estimate of drug-likeness (QED) is 0.445. The first-order valence-electron chi connectivity index (χ1n) is 6.81. The molecule has 2 rings (SSSR count). The van der Waals surface area contributed by atoms with E-state index in [1.54, 1.807) is 0 Å². The molecule has 0 fully saturated rings. The van der Waals surface area contributed by atoms with E-state index in [2.05, 4.69) is 26.0 Å². The van der Waals surface area contributed by atoms with Crippen LogP contribution in [0.2, 0.25) is 0 Å². The van der Waals surface area contributed by atoms with Crippen molar-refractivity contribution in [1.29, 1.82) is 0 Å². The lowest BCUT2D eigenvalue weighted by Gasteiger charge is -2.11. The van der Waals surface area contributed by atoms with Crippen molar-refractivity contribution in [2.24, 2.45) is 5.10 Å². The maximum Gasteiger partial charge on any atom is 0.342 e. The number of carbonyl (C=O) groups excluding carboxylic acids is 1. The number of nitrogens with one attached hydrogen (secondary N) is 4. The third-order valence-corrected chi connectivity index (χ3v) is 2.89. The zero-order valence-corrected chi connectivity index (χ0v) is 12.6. The summed E-state index contributed by atoms with van der Waals surface area (Å²) in [6, 6.07) is 6.84. The molecule has 0 bridgehead atoms. The maximum absolute atomic E-state index is 11.9. The van der Waals surface area contributed by atoms with Gasteiger partial charge in [0.1, 0.15) is 6.04 Å². The van der Waals surface area contributed by atoms with E-state index in [0.29, 0.717) is 0 Å². The van der Waals surface area contributed by atoms with Gasteiger partial charge in [0.05, 0.1) is 6.21 Å². The number of hydrogen-bond acceptors (Lipinski definition) is 6. The molecule has 0 aliphatic carbocycles. The summed E-state index contributed by atoms with van der Waals surface area (Å²) < 4.78 is 0. The van der Waals surface area contributed by atoms with Gasteiger partial charge in [-0.25, -0.2) is 15.3 Å². The van der Waals surface area contributed by atoms with Gasteiger partial charge in [-0.3, -0.25) is 14.6 Å². The smallest absolute Gasteiger partial charge is 0.342 e. The summed E-state index contributed by atoms with van der Waals surface area (Å²) in [7, 11) is 0. The molecule has 9 nitrogen and oxygen atoms in total. The molecule has 2 aromatic rings. The second-order valence-corrected chi connectivity index (χ2v) is 4.87. The molecule has 0 radical (unpaired) electrons. The van der Waals surface area contributed by atoms with Gasteiger partial charge in [0, 0.05) is 0 Å². The van der Waals surface area contributed by atoms with E-state index in [1.807, 2.05) is 36.2 Å². The second-order valence-electron chi connectivity index (χ2n) is 4.87. The van der Waals surface area contributed by atoms with Gasteiger partial charge in [-0.1, -0.05) is 29.8 Å². The predicted molar refractivity (Wildman–Crippen MR) is 85.5 cm³/mol. The lowest BCUT2D eigenvalue weighted by Crippen LogP contribution is -2.38. The van der Waals surface area contributed by atoms with Crippen molar-refractivity contribution in [3.05, 3.63) is 56.2 Å². The number of hydrogen-bond donors (Lipinski definition) is 4. The second kappa shape index (κ2) is 7.16. The number of aryl methyl sites for hydroxylation is 1. The van der Waals surface area contributed by atoms with E-state index >= 15 is 0 Å². The van der Waals surface area contributed by atoms with Gasteiger partial charge < -0.3 is 5.32 Å². The molecule has 0 aliphatic heterocycles. The molecule has 0 saturated heterocycles. The van der Waals surface area contributed by atoms with Gasteiger partial charge in [-0.05, 0) is 19.4 Å². The van der Waals surface area contributed by atoms with Gasteiger partial charge in [0.2, 0.25) is 5.82 Å². The zero-order valence-electron chi connectivity index (χ0n) is 12.6. The Bertz CT molecular complexity index is 839. The minimum absolute atomic E-state index is 0.157. The van der Waals surface area contributed by atoms with Crippen LogP contribution in [-0.2, 0) is 4.79 Å². The Kier molecular flexibility index (Phi) is 5.03. The summed E-state index contributed by atoms with van der Waals surface area (Å²) in [5.74, 6) is -0.615.